The number of carbonyl (C=O) groups is 1. The number of aromatic amines is 1. The molecule has 1 heterocycles. The Balaban J connectivity index is 1.77. The van der Waals surface area contributed by atoms with Gasteiger partial charge in [-0.3, -0.25) is 9.89 Å². The van der Waals surface area contributed by atoms with Crippen LogP contribution < -0.4 is 19.5 Å². The van der Waals surface area contributed by atoms with E-state index in [1.165, 1.54) is 0 Å². The lowest BCUT2D eigenvalue weighted by Crippen LogP contribution is -2.27. The molecule has 1 aromatic heterocycles. The normalized spacial score (nSPS) is 11.6. The molecule has 0 fully saturated rings. The van der Waals surface area contributed by atoms with Crippen molar-refractivity contribution < 1.29 is 19.0 Å². The van der Waals surface area contributed by atoms with Gasteiger partial charge in [0.05, 0.1) is 33.1 Å². The minimum absolute atomic E-state index is 0.265. The number of carbonyl (C=O) groups excluding carboxylic acids is 1. The van der Waals surface area contributed by atoms with E-state index in [1.807, 2.05) is 49.4 Å². The number of nitrogens with one attached hydrogen (secondary N) is 2. The fourth-order valence-electron chi connectivity index (χ4n) is 2.90. The van der Waals surface area contributed by atoms with Crippen molar-refractivity contribution in [1.82, 2.24) is 15.5 Å². The predicted octanol–water partition coefficient (Wildman–Crippen LogP) is 3.59. The van der Waals surface area contributed by atoms with Crippen LogP contribution >= 0.6 is 0 Å². The highest BCUT2D eigenvalue weighted by Crippen LogP contribution is 2.29. The fourth-order valence-corrected chi connectivity index (χ4v) is 2.90. The highest BCUT2D eigenvalue weighted by atomic mass is 16.5. The van der Waals surface area contributed by atoms with E-state index in [-0.39, 0.29) is 11.9 Å². The Labute approximate surface area is 163 Å². The summed E-state index contributed by atoms with van der Waals surface area (Å²) in [6.07, 6.45) is 0. The van der Waals surface area contributed by atoms with Gasteiger partial charge >= 0.3 is 0 Å². The van der Waals surface area contributed by atoms with Crippen molar-refractivity contribution in [2.45, 2.75) is 13.0 Å². The number of methoxy groups -OCH3 is 3. The molecule has 7 heteroatoms. The molecular weight excluding hydrogens is 358 g/mol. The molecule has 146 valence electrons. The summed E-state index contributed by atoms with van der Waals surface area (Å²) in [5.41, 5.74) is 2.71. The van der Waals surface area contributed by atoms with Crippen LogP contribution in [0.1, 0.15) is 29.0 Å². The molecule has 0 saturated heterocycles. The first-order chi connectivity index (χ1) is 13.5. The molecule has 3 aromatic rings. The predicted molar refractivity (Wildman–Crippen MR) is 106 cm³/mol. The van der Waals surface area contributed by atoms with Crippen LogP contribution in [0.4, 0.5) is 0 Å². The van der Waals surface area contributed by atoms with Crippen molar-refractivity contribution in [3.63, 3.8) is 0 Å². The topological polar surface area (TPSA) is 85.5 Å². The van der Waals surface area contributed by atoms with E-state index in [2.05, 4.69) is 15.5 Å². The van der Waals surface area contributed by atoms with E-state index in [1.54, 1.807) is 27.4 Å². The Morgan fingerprint density at radius 2 is 1.75 bits per heavy atom. The van der Waals surface area contributed by atoms with Crippen molar-refractivity contribution in [2.75, 3.05) is 21.3 Å². The maximum atomic E-state index is 12.7. The number of rotatable bonds is 7. The number of nitrogens with zero attached hydrogens (tertiary/aromatic N) is 1. The zero-order valence-corrected chi connectivity index (χ0v) is 16.3. The van der Waals surface area contributed by atoms with Gasteiger partial charge in [-0.25, -0.2) is 0 Å². The Morgan fingerprint density at radius 1 is 1.00 bits per heavy atom. The highest BCUT2D eigenvalue weighted by Gasteiger charge is 2.18. The first-order valence-electron chi connectivity index (χ1n) is 8.78. The van der Waals surface area contributed by atoms with Gasteiger partial charge in [-0.05, 0) is 43.3 Å². The number of hydrogen-bond acceptors (Lipinski definition) is 5. The summed E-state index contributed by atoms with van der Waals surface area (Å²) in [6.45, 7) is 1.88. The van der Waals surface area contributed by atoms with Gasteiger partial charge in [0.25, 0.3) is 5.91 Å². The Morgan fingerprint density at radius 3 is 2.46 bits per heavy atom. The van der Waals surface area contributed by atoms with E-state index in [0.717, 1.165) is 16.9 Å². The van der Waals surface area contributed by atoms with Gasteiger partial charge in [-0.1, -0.05) is 12.1 Å². The molecule has 0 bridgehead atoms. The van der Waals surface area contributed by atoms with Crippen LogP contribution in [-0.2, 0) is 0 Å². The number of aromatic nitrogens is 2. The molecule has 3 rings (SSSR count). The summed E-state index contributed by atoms with van der Waals surface area (Å²) in [5, 5.41) is 9.98. The zero-order chi connectivity index (χ0) is 20.1. The Bertz CT molecular complexity index is 968. The molecule has 28 heavy (non-hydrogen) atoms. The molecule has 1 unspecified atom stereocenters. The van der Waals surface area contributed by atoms with E-state index < -0.39 is 0 Å². The average molecular weight is 381 g/mol. The lowest BCUT2D eigenvalue weighted by Gasteiger charge is -2.17. The van der Waals surface area contributed by atoms with E-state index >= 15 is 0 Å². The van der Waals surface area contributed by atoms with Crippen LogP contribution in [0.15, 0.2) is 48.5 Å². The van der Waals surface area contributed by atoms with E-state index in [4.69, 9.17) is 14.2 Å². The minimum atomic E-state index is -0.291. The molecule has 0 aliphatic rings. The van der Waals surface area contributed by atoms with E-state index in [9.17, 15) is 4.79 Å². The quantitative estimate of drug-likeness (QED) is 0.653. The van der Waals surface area contributed by atoms with Crippen LogP contribution in [0, 0.1) is 0 Å². The smallest absolute Gasteiger partial charge is 0.269 e. The number of hydrogen-bond donors (Lipinski definition) is 2. The van der Waals surface area contributed by atoms with Crippen LogP contribution in [-0.4, -0.2) is 37.4 Å². The van der Waals surface area contributed by atoms with Crippen LogP contribution in [0.25, 0.3) is 11.3 Å². The zero-order valence-electron chi connectivity index (χ0n) is 16.3. The summed E-state index contributed by atoms with van der Waals surface area (Å²) in [4.78, 5) is 12.7. The fraction of sp³-hybridized carbons (Fsp3) is 0.238. The summed E-state index contributed by atoms with van der Waals surface area (Å²) < 4.78 is 15.9. The van der Waals surface area contributed by atoms with Gasteiger partial charge in [0.1, 0.15) is 22.9 Å². The number of ether oxygens (including phenoxy) is 3. The summed E-state index contributed by atoms with van der Waals surface area (Å²) in [7, 11) is 4.80. The van der Waals surface area contributed by atoms with Crippen molar-refractivity contribution in [3.05, 3.63) is 59.8 Å². The summed E-state index contributed by atoms with van der Waals surface area (Å²) in [6, 6.07) is 14.4. The number of benzene rings is 2. The summed E-state index contributed by atoms with van der Waals surface area (Å²) in [5.74, 6) is 1.83. The van der Waals surface area contributed by atoms with Crippen molar-refractivity contribution in [3.8, 4) is 28.5 Å². The molecule has 0 radical (unpaired) electrons. The SMILES string of the molecule is COc1cccc(-c2cc(C(=O)NC(C)c3cc(OC)ccc3OC)[nH]n2)c1. The molecule has 0 aliphatic heterocycles. The lowest BCUT2D eigenvalue weighted by atomic mass is 10.1. The van der Waals surface area contributed by atoms with Gasteiger partial charge in [0, 0.05) is 11.1 Å². The molecule has 1 amide bonds. The maximum absolute atomic E-state index is 12.7. The number of H-pyrrole nitrogens is 1. The largest absolute Gasteiger partial charge is 0.497 e. The molecule has 2 aromatic carbocycles. The second kappa shape index (κ2) is 8.47. The molecule has 1 atom stereocenters. The molecule has 0 saturated carbocycles. The van der Waals surface area contributed by atoms with Gasteiger partial charge in [0.2, 0.25) is 0 Å². The minimum Gasteiger partial charge on any atom is -0.497 e. The average Bonchev–Trinajstić information content (AvgIpc) is 3.23. The second-order valence-electron chi connectivity index (χ2n) is 6.20. The third-order valence-corrected chi connectivity index (χ3v) is 4.44. The van der Waals surface area contributed by atoms with Crippen molar-refractivity contribution >= 4 is 5.91 Å². The Hall–Kier alpha value is -3.48. The summed E-state index contributed by atoms with van der Waals surface area (Å²) >= 11 is 0. The van der Waals surface area contributed by atoms with Crippen LogP contribution in [0.2, 0.25) is 0 Å². The van der Waals surface area contributed by atoms with E-state index in [0.29, 0.717) is 22.9 Å². The molecule has 0 aliphatic carbocycles. The third-order valence-electron chi connectivity index (χ3n) is 4.44. The van der Waals surface area contributed by atoms with Crippen molar-refractivity contribution in [1.29, 1.82) is 0 Å². The number of amides is 1. The monoisotopic (exact) mass is 381 g/mol. The maximum Gasteiger partial charge on any atom is 0.269 e. The highest BCUT2D eigenvalue weighted by molar-refractivity contribution is 5.93. The molecule has 0 spiro atoms. The first-order valence-corrected chi connectivity index (χ1v) is 8.78. The van der Waals surface area contributed by atoms with Gasteiger partial charge < -0.3 is 19.5 Å². The third kappa shape index (κ3) is 4.09. The Kier molecular flexibility index (Phi) is 5.84. The van der Waals surface area contributed by atoms with Crippen LogP contribution in [0.3, 0.4) is 0 Å². The molecular formula is C21H23N3O4. The van der Waals surface area contributed by atoms with Crippen molar-refractivity contribution in [2.24, 2.45) is 0 Å². The first kappa shape index (κ1) is 19.3. The molecule has 2 N–H and O–H groups in total. The van der Waals surface area contributed by atoms with Gasteiger partial charge in [-0.2, -0.15) is 5.10 Å². The van der Waals surface area contributed by atoms with Gasteiger partial charge in [0.15, 0.2) is 0 Å². The lowest BCUT2D eigenvalue weighted by molar-refractivity contribution is 0.0934. The second-order valence-corrected chi connectivity index (χ2v) is 6.20. The molecule has 7 nitrogen and oxygen atoms in total. The van der Waals surface area contributed by atoms with Crippen LogP contribution in [0.5, 0.6) is 17.2 Å². The van der Waals surface area contributed by atoms with Gasteiger partial charge in [-0.15, -0.1) is 0 Å². The standard InChI is InChI=1S/C21H23N3O4/c1-13(17-11-16(27-3)8-9-20(17)28-4)22-21(25)19-12-18(23-24-19)14-6-5-7-15(10-14)26-2/h5-13H,1-4H3,(H,22,25)(H,23,24).